The molecule has 0 aromatic heterocycles. The van der Waals surface area contributed by atoms with E-state index in [1.165, 1.54) is 17.0 Å². The van der Waals surface area contributed by atoms with Gasteiger partial charge in [-0.2, -0.15) is 0 Å². The monoisotopic (exact) mass is 290 g/mol. The van der Waals surface area contributed by atoms with Crippen molar-refractivity contribution in [2.45, 2.75) is 38.8 Å². The molecule has 110 valence electrons. The normalized spacial score (nSPS) is 22.1. The molecule has 0 bridgehead atoms. The number of carbonyl (C=O) groups excluding carboxylic acids is 3. The van der Waals surface area contributed by atoms with Crippen LogP contribution in [0.2, 0.25) is 0 Å². The van der Waals surface area contributed by atoms with E-state index >= 15 is 0 Å². The fourth-order valence-electron chi connectivity index (χ4n) is 2.95. The Labute approximate surface area is 121 Å². The number of nitrogens with zero attached hydrogens (tertiary/aromatic N) is 1. The number of nitrogens with one attached hydrogen (secondary N) is 1. The first-order chi connectivity index (χ1) is 9.99. The molecule has 1 aromatic carbocycles. The lowest BCUT2D eigenvalue weighted by atomic mass is 10.0. The Balaban J connectivity index is 1.92. The molecule has 1 saturated heterocycles. The molecule has 6 heteroatoms. The Morgan fingerprint density at radius 3 is 2.81 bits per heavy atom. The zero-order valence-electron chi connectivity index (χ0n) is 11.6. The van der Waals surface area contributed by atoms with E-state index < -0.39 is 11.9 Å². The van der Waals surface area contributed by atoms with Crippen LogP contribution in [0.3, 0.4) is 0 Å². The van der Waals surface area contributed by atoms with E-state index in [2.05, 4.69) is 5.32 Å². The fraction of sp³-hybridized carbons (Fsp3) is 0.400. The van der Waals surface area contributed by atoms with Crippen LogP contribution in [-0.4, -0.2) is 28.7 Å². The molecule has 0 saturated carbocycles. The van der Waals surface area contributed by atoms with Crippen LogP contribution in [0.1, 0.15) is 40.7 Å². The largest absolute Gasteiger partial charge is 0.322 e. The van der Waals surface area contributed by atoms with Gasteiger partial charge in [-0.15, -0.1) is 0 Å². The minimum absolute atomic E-state index is 0.212. The van der Waals surface area contributed by atoms with Gasteiger partial charge in [0.1, 0.15) is 11.9 Å². The summed E-state index contributed by atoms with van der Waals surface area (Å²) in [5.41, 5.74) is 1.51. The van der Waals surface area contributed by atoms with Crippen molar-refractivity contribution in [3.8, 4) is 0 Å². The Morgan fingerprint density at radius 1 is 1.29 bits per heavy atom. The average molecular weight is 290 g/mol. The first kappa shape index (κ1) is 13.7. The van der Waals surface area contributed by atoms with Crippen molar-refractivity contribution >= 4 is 17.7 Å². The summed E-state index contributed by atoms with van der Waals surface area (Å²) in [6, 6.07) is 2.06. The third-order valence-corrected chi connectivity index (χ3v) is 4.17. The Bertz CT molecular complexity index is 657. The number of rotatable bonds is 1. The zero-order chi connectivity index (χ0) is 15.1. The molecule has 1 aromatic rings. The van der Waals surface area contributed by atoms with Gasteiger partial charge in [-0.25, -0.2) is 4.39 Å². The minimum atomic E-state index is -0.668. The summed E-state index contributed by atoms with van der Waals surface area (Å²) in [5.74, 6) is -1.39. The number of imide groups is 1. The van der Waals surface area contributed by atoms with E-state index in [1.807, 2.05) is 0 Å². The second-order valence-electron chi connectivity index (χ2n) is 5.45. The quantitative estimate of drug-likeness (QED) is 0.792. The highest BCUT2D eigenvalue weighted by molar-refractivity contribution is 6.04. The zero-order valence-corrected chi connectivity index (χ0v) is 11.6. The van der Waals surface area contributed by atoms with Gasteiger partial charge in [0.2, 0.25) is 11.8 Å². The molecule has 1 N–H and O–H groups in total. The van der Waals surface area contributed by atoms with Gasteiger partial charge in [-0.3, -0.25) is 19.7 Å². The van der Waals surface area contributed by atoms with Crippen molar-refractivity contribution < 1.29 is 18.8 Å². The number of halogens is 1. The summed E-state index contributed by atoms with van der Waals surface area (Å²) < 4.78 is 13.6. The second kappa shape index (κ2) is 4.95. The number of carbonyl (C=O) groups is 3. The molecule has 0 aliphatic carbocycles. The molecule has 3 amide bonds. The summed E-state index contributed by atoms with van der Waals surface area (Å²) in [6.45, 7) is 1.84. The third-order valence-electron chi connectivity index (χ3n) is 4.17. The molecule has 21 heavy (non-hydrogen) atoms. The molecule has 0 spiro atoms. The first-order valence-corrected chi connectivity index (χ1v) is 6.91. The maximum atomic E-state index is 13.6. The number of hydrogen-bond donors (Lipinski definition) is 1. The first-order valence-electron chi connectivity index (χ1n) is 6.91. The molecule has 2 aliphatic heterocycles. The summed E-state index contributed by atoms with van der Waals surface area (Å²) in [7, 11) is 0. The van der Waals surface area contributed by atoms with Gasteiger partial charge in [0.25, 0.3) is 5.91 Å². The molecule has 1 fully saturated rings. The molecule has 0 radical (unpaired) electrons. The van der Waals surface area contributed by atoms with Crippen LogP contribution in [0.4, 0.5) is 4.39 Å². The van der Waals surface area contributed by atoms with Crippen molar-refractivity contribution in [2.75, 3.05) is 0 Å². The van der Waals surface area contributed by atoms with Gasteiger partial charge in [0, 0.05) is 18.5 Å². The maximum absolute atomic E-state index is 13.6. The number of benzene rings is 1. The van der Waals surface area contributed by atoms with E-state index in [0.29, 0.717) is 29.5 Å². The molecular weight excluding hydrogens is 275 g/mol. The number of hydrogen-bond acceptors (Lipinski definition) is 3. The molecule has 0 unspecified atom stereocenters. The highest BCUT2D eigenvalue weighted by Crippen LogP contribution is 2.30. The van der Waals surface area contributed by atoms with E-state index in [1.54, 1.807) is 6.92 Å². The van der Waals surface area contributed by atoms with Crippen LogP contribution < -0.4 is 5.32 Å². The predicted octanol–water partition coefficient (Wildman–Crippen LogP) is 1.29. The highest BCUT2D eigenvalue weighted by Gasteiger charge is 2.38. The molecule has 2 aliphatic rings. The number of fused-ring (bicyclic) bond motifs is 1. The Morgan fingerprint density at radius 2 is 2.05 bits per heavy atom. The Hall–Kier alpha value is -2.24. The van der Waals surface area contributed by atoms with Crippen molar-refractivity contribution in [3.05, 3.63) is 34.6 Å². The van der Waals surface area contributed by atoms with Gasteiger partial charge >= 0.3 is 0 Å². The van der Waals surface area contributed by atoms with Crippen LogP contribution in [0.15, 0.2) is 12.1 Å². The smallest absolute Gasteiger partial charge is 0.255 e. The minimum Gasteiger partial charge on any atom is -0.322 e. The van der Waals surface area contributed by atoms with Gasteiger partial charge < -0.3 is 4.90 Å². The van der Waals surface area contributed by atoms with Gasteiger partial charge in [-0.1, -0.05) is 0 Å². The molecule has 3 rings (SSSR count). The summed E-state index contributed by atoms with van der Waals surface area (Å²) in [5, 5.41) is 2.30. The van der Waals surface area contributed by atoms with Gasteiger partial charge in [0.15, 0.2) is 0 Å². The lowest BCUT2D eigenvalue weighted by molar-refractivity contribution is -0.132. The second-order valence-corrected chi connectivity index (χ2v) is 5.45. The van der Waals surface area contributed by atoms with Crippen LogP contribution in [0.25, 0.3) is 0 Å². The Kier molecular flexibility index (Phi) is 3.23. The number of amides is 3. The standard InChI is InChI=1S/C15H15FN2O3/c1-8-10-7-18(15(21)9(10)5-6-11(8)16)12-3-2-4-13(19)17-14(12)20/h5-6,12H,2-4,7H2,1H3,(H,17,19,20)/t12-/m0/s1. The fourth-order valence-corrected chi connectivity index (χ4v) is 2.95. The highest BCUT2D eigenvalue weighted by atomic mass is 19.1. The average Bonchev–Trinajstić information content (AvgIpc) is 2.66. The van der Waals surface area contributed by atoms with Crippen LogP contribution in [0.5, 0.6) is 0 Å². The van der Waals surface area contributed by atoms with Crippen LogP contribution >= 0.6 is 0 Å². The topological polar surface area (TPSA) is 66.5 Å². The maximum Gasteiger partial charge on any atom is 0.255 e. The third kappa shape index (κ3) is 2.20. The van der Waals surface area contributed by atoms with E-state index in [-0.39, 0.29) is 30.6 Å². The predicted molar refractivity (Wildman–Crippen MR) is 71.8 cm³/mol. The molecule has 1 atom stereocenters. The molecule has 2 heterocycles. The summed E-state index contributed by atoms with van der Waals surface area (Å²) in [4.78, 5) is 37.3. The van der Waals surface area contributed by atoms with Gasteiger partial charge in [-0.05, 0) is 43.0 Å². The van der Waals surface area contributed by atoms with Crippen molar-refractivity contribution in [2.24, 2.45) is 0 Å². The van der Waals surface area contributed by atoms with E-state index in [9.17, 15) is 18.8 Å². The van der Waals surface area contributed by atoms with Crippen molar-refractivity contribution in [1.29, 1.82) is 0 Å². The SMILES string of the molecule is Cc1c(F)ccc2c1CN([C@H]1CCCC(=O)NC1=O)C2=O. The summed E-state index contributed by atoms with van der Waals surface area (Å²) >= 11 is 0. The molecule has 5 nitrogen and oxygen atoms in total. The van der Waals surface area contributed by atoms with E-state index in [4.69, 9.17) is 0 Å². The van der Waals surface area contributed by atoms with Crippen LogP contribution in [0, 0.1) is 12.7 Å². The van der Waals surface area contributed by atoms with Crippen molar-refractivity contribution in [1.82, 2.24) is 10.2 Å². The van der Waals surface area contributed by atoms with Crippen molar-refractivity contribution in [3.63, 3.8) is 0 Å². The van der Waals surface area contributed by atoms with Gasteiger partial charge in [0.05, 0.1) is 0 Å². The van der Waals surface area contributed by atoms with Crippen LogP contribution in [-0.2, 0) is 16.1 Å². The van der Waals surface area contributed by atoms with E-state index in [0.717, 1.165) is 0 Å². The molecular formula is C15H15FN2O3. The lowest BCUT2D eigenvalue weighted by Gasteiger charge is -2.24. The summed E-state index contributed by atoms with van der Waals surface area (Å²) in [6.07, 6.45) is 1.28. The lowest BCUT2D eigenvalue weighted by Crippen LogP contribution is -2.46.